The smallest absolute Gasteiger partial charge is 0.128 e. The Kier molecular flexibility index (Phi) is 5.62. The first-order chi connectivity index (χ1) is 9.72. The summed E-state index contributed by atoms with van der Waals surface area (Å²) in [4.78, 5) is 0. The van der Waals surface area contributed by atoms with E-state index in [9.17, 15) is 0 Å². The normalized spacial score (nSPS) is 10.6. The zero-order valence-electron chi connectivity index (χ0n) is 11.9. The molecule has 0 saturated carbocycles. The van der Waals surface area contributed by atoms with Crippen LogP contribution in [0.15, 0.2) is 46.9 Å². The summed E-state index contributed by atoms with van der Waals surface area (Å²) in [7, 11) is 1.94. The summed E-state index contributed by atoms with van der Waals surface area (Å²) in [6.45, 7) is 3.03. The lowest BCUT2D eigenvalue weighted by atomic mass is 10.1. The van der Waals surface area contributed by atoms with Crippen LogP contribution < -0.4 is 10.1 Å². The van der Waals surface area contributed by atoms with E-state index in [1.165, 1.54) is 17.5 Å². The highest BCUT2D eigenvalue weighted by Crippen LogP contribution is 2.27. The van der Waals surface area contributed by atoms with Crippen LogP contribution in [-0.2, 0) is 13.0 Å². The Bertz CT molecular complexity index is 551. The highest BCUT2D eigenvalue weighted by Gasteiger charge is 2.03. The fraction of sp³-hybridized carbons (Fsp3) is 0.294. The van der Waals surface area contributed by atoms with Crippen LogP contribution in [0.3, 0.4) is 0 Å². The van der Waals surface area contributed by atoms with Gasteiger partial charge in [0.25, 0.3) is 0 Å². The Hall–Kier alpha value is -1.32. The predicted molar refractivity (Wildman–Crippen MR) is 87.4 cm³/mol. The molecule has 20 heavy (non-hydrogen) atoms. The van der Waals surface area contributed by atoms with Crippen molar-refractivity contribution < 1.29 is 4.74 Å². The lowest BCUT2D eigenvalue weighted by molar-refractivity contribution is 0.481. The van der Waals surface area contributed by atoms with E-state index in [2.05, 4.69) is 46.4 Å². The molecular weight excluding hydrogens is 314 g/mol. The summed E-state index contributed by atoms with van der Waals surface area (Å²) in [5, 5.41) is 3.14. The molecule has 0 fully saturated rings. The topological polar surface area (TPSA) is 21.3 Å². The first-order valence-electron chi connectivity index (χ1n) is 6.92. The molecular formula is C17H20BrNO. The first-order valence-corrected chi connectivity index (χ1v) is 7.72. The maximum atomic E-state index is 5.88. The molecule has 2 rings (SSSR count). The van der Waals surface area contributed by atoms with Crippen LogP contribution in [0.2, 0.25) is 0 Å². The molecule has 0 spiro atoms. The monoisotopic (exact) mass is 333 g/mol. The number of halogens is 1. The Morgan fingerprint density at radius 3 is 2.35 bits per heavy atom. The van der Waals surface area contributed by atoms with Gasteiger partial charge in [0.05, 0.1) is 0 Å². The SMILES string of the molecule is CCCc1ccc(Oc2ccc(CNC)c(Br)c2)cc1. The minimum absolute atomic E-state index is 0.840. The molecule has 0 amide bonds. The number of ether oxygens (including phenoxy) is 1. The van der Waals surface area contributed by atoms with Gasteiger partial charge < -0.3 is 10.1 Å². The minimum atomic E-state index is 0.840. The van der Waals surface area contributed by atoms with Gasteiger partial charge in [0.15, 0.2) is 0 Å². The van der Waals surface area contributed by atoms with Crippen molar-refractivity contribution in [2.24, 2.45) is 0 Å². The first kappa shape index (κ1) is 15.1. The molecule has 2 nitrogen and oxygen atoms in total. The third-order valence-corrected chi connectivity index (χ3v) is 3.83. The second kappa shape index (κ2) is 7.46. The molecule has 1 N–H and O–H groups in total. The molecule has 0 radical (unpaired) electrons. The standard InChI is InChI=1S/C17H20BrNO/c1-3-4-13-5-8-15(9-6-13)20-16-10-7-14(12-19-2)17(18)11-16/h5-11,19H,3-4,12H2,1-2H3. The second-order valence-corrected chi connectivity index (χ2v) is 5.63. The Labute approximate surface area is 129 Å². The molecule has 3 heteroatoms. The maximum Gasteiger partial charge on any atom is 0.128 e. The quantitative estimate of drug-likeness (QED) is 0.810. The number of nitrogens with one attached hydrogen (secondary N) is 1. The number of aryl methyl sites for hydroxylation is 1. The van der Waals surface area contributed by atoms with E-state index < -0.39 is 0 Å². The van der Waals surface area contributed by atoms with Crippen molar-refractivity contribution in [1.82, 2.24) is 5.32 Å². The molecule has 2 aromatic carbocycles. The highest BCUT2D eigenvalue weighted by atomic mass is 79.9. The minimum Gasteiger partial charge on any atom is -0.457 e. The molecule has 0 aliphatic carbocycles. The van der Waals surface area contributed by atoms with Crippen molar-refractivity contribution in [3.63, 3.8) is 0 Å². The molecule has 0 heterocycles. The average molecular weight is 334 g/mol. The number of benzene rings is 2. The molecule has 0 atom stereocenters. The van der Waals surface area contributed by atoms with Gasteiger partial charge in [-0.25, -0.2) is 0 Å². The van der Waals surface area contributed by atoms with Crippen LogP contribution in [0.1, 0.15) is 24.5 Å². The van der Waals surface area contributed by atoms with E-state index >= 15 is 0 Å². The molecule has 0 bridgehead atoms. The molecule has 106 valence electrons. The molecule has 0 aromatic heterocycles. The molecule has 0 unspecified atom stereocenters. The third-order valence-electron chi connectivity index (χ3n) is 3.09. The molecule has 0 aliphatic rings. The van der Waals surface area contributed by atoms with Crippen molar-refractivity contribution in [2.75, 3.05) is 7.05 Å². The maximum absolute atomic E-state index is 5.88. The van der Waals surface area contributed by atoms with E-state index in [4.69, 9.17) is 4.74 Å². The summed E-state index contributed by atoms with van der Waals surface area (Å²) < 4.78 is 6.94. The van der Waals surface area contributed by atoms with E-state index in [0.717, 1.165) is 28.9 Å². The van der Waals surface area contributed by atoms with Crippen LogP contribution in [0.4, 0.5) is 0 Å². The zero-order chi connectivity index (χ0) is 14.4. The molecule has 0 saturated heterocycles. The Morgan fingerprint density at radius 2 is 1.75 bits per heavy atom. The van der Waals surface area contributed by atoms with Gasteiger partial charge in [0.1, 0.15) is 11.5 Å². The summed E-state index contributed by atoms with van der Waals surface area (Å²) in [5.74, 6) is 1.72. The van der Waals surface area contributed by atoms with Crippen LogP contribution in [0, 0.1) is 0 Å². The van der Waals surface area contributed by atoms with E-state index in [-0.39, 0.29) is 0 Å². The summed E-state index contributed by atoms with van der Waals surface area (Å²) in [6, 6.07) is 14.4. The summed E-state index contributed by atoms with van der Waals surface area (Å²) in [5.41, 5.74) is 2.57. The van der Waals surface area contributed by atoms with Crippen molar-refractivity contribution >= 4 is 15.9 Å². The fourth-order valence-electron chi connectivity index (χ4n) is 2.07. The van der Waals surface area contributed by atoms with Crippen molar-refractivity contribution in [3.8, 4) is 11.5 Å². The Morgan fingerprint density at radius 1 is 1.05 bits per heavy atom. The second-order valence-electron chi connectivity index (χ2n) is 4.78. The number of rotatable bonds is 6. The van der Waals surface area contributed by atoms with Crippen molar-refractivity contribution in [2.45, 2.75) is 26.3 Å². The Balaban J connectivity index is 2.07. The van der Waals surface area contributed by atoms with E-state index in [0.29, 0.717) is 0 Å². The predicted octanol–water partition coefficient (Wildman–Crippen LogP) is 4.91. The van der Waals surface area contributed by atoms with Crippen LogP contribution in [-0.4, -0.2) is 7.05 Å². The van der Waals surface area contributed by atoms with Gasteiger partial charge in [-0.3, -0.25) is 0 Å². The lowest BCUT2D eigenvalue weighted by Gasteiger charge is -2.09. The lowest BCUT2D eigenvalue weighted by Crippen LogP contribution is -2.05. The number of hydrogen-bond donors (Lipinski definition) is 1. The van der Waals surface area contributed by atoms with Gasteiger partial charge in [-0.1, -0.05) is 47.5 Å². The van der Waals surface area contributed by atoms with Gasteiger partial charge in [-0.2, -0.15) is 0 Å². The number of hydrogen-bond acceptors (Lipinski definition) is 2. The van der Waals surface area contributed by atoms with Gasteiger partial charge in [0, 0.05) is 11.0 Å². The molecule has 0 aliphatic heterocycles. The van der Waals surface area contributed by atoms with E-state index in [1.54, 1.807) is 0 Å². The fourth-order valence-corrected chi connectivity index (χ4v) is 2.57. The summed E-state index contributed by atoms with van der Waals surface area (Å²) >= 11 is 3.57. The van der Waals surface area contributed by atoms with E-state index in [1.807, 2.05) is 31.3 Å². The largest absolute Gasteiger partial charge is 0.457 e. The zero-order valence-corrected chi connectivity index (χ0v) is 13.5. The van der Waals surface area contributed by atoms with Gasteiger partial charge in [-0.05, 0) is 48.9 Å². The van der Waals surface area contributed by atoms with Gasteiger partial charge in [-0.15, -0.1) is 0 Å². The van der Waals surface area contributed by atoms with Gasteiger partial charge in [0.2, 0.25) is 0 Å². The van der Waals surface area contributed by atoms with Crippen LogP contribution in [0.5, 0.6) is 11.5 Å². The van der Waals surface area contributed by atoms with Crippen LogP contribution >= 0.6 is 15.9 Å². The van der Waals surface area contributed by atoms with Crippen molar-refractivity contribution in [1.29, 1.82) is 0 Å². The average Bonchev–Trinajstić information content (AvgIpc) is 2.44. The summed E-state index contributed by atoms with van der Waals surface area (Å²) in [6.07, 6.45) is 2.28. The van der Waals surface area contributed by atoms with Gasteiger partial charge >= 0.3 is 0 Å². The highest BCUT2D eigenvalue weighted by molar-refractivity contribution is 9.10. The third kappa shape index (κ3) is 4.09. The van der Waals surface area contributed by atoms with Crippen LogP contribution in [0.25, 0.3) is 0 Å². The van der Waals surface area contributed by atoms with Crippen molar-refractivity contribution in [3.05, 3.63) is 58.1 Å². The molecule has 2 aromatic rings.